The maximum Gasteiger partial charge on any atom is 0.387 e. The highest BCUT2D eigenvalue weighted by atomic mass is 19.3. The maximum atomic E-state index is 12.7. The monoisotopic (exact) mass is 443 g/mol. The number of benzene rings is 2. The minimum absolute atomic E-state index is 0.0938. The van der Waals surface area contributed by atoms with Crippen molar-refractivity contribution in [2.45, 2.75) is 33.2 Å². The van der Waals surface area contributed by atoms with Crippen LogP contribution in [-0.2, 0) is 19.6 Å². The fourth-order valence-corrected chi connectivity index (χ4v) is 3.14. The first-order chi connectivity index (χ1) is 15.6. The van der Waals surface area contributed by atoms with Crippen molar-refractivity contribution >= 4 is 5.96 Å². The molecule has 2 aromatic carbocycles. The highest BCUT2D eigenvalue weighted by molar-refractivity contribution is 5.79. The number of ether oxygens (including phenoxy) is 2. The molecule has 3 aromatic rings. The van der Waals surface area contributed by atoms with E-state index < -0.39 is 6.61 Å². The number of imidazole rings is 1. The first-order valence-corrected chi connectivity index (χ1v) is 10.2. The Kier molecular flexibility index (Phi) is 8.42. The van der Waals surface area contributed by atoms with Crippen LogP contribution in [0.25, 0.3) is 0 Å². The molecule has 0 amide bonds. The van der Waals surface area contributed by atoms with Crippen molar-refractivity contribution < 1.29 is 18.3 Å². The molecule has 1 heterocycles. The summed E-state index contributed by atoms with van der Waals surface area (Å²) >= 11 is 0. The third-order valence-electron chi connectivity index (χ3n) is 4.61. The summed E-state index contributed by atoms with van der Waals surface area (Å²) in [5.41, 5.74) is 2.75. The summed E-state index contributed by atoms with van der Waals surface area (Å²) in [6.45, 7) is 1.15. The summed E-state index contributed by atoms with van der Waals surface area (Å²) in [5, 5.41) is 6.34. The van der Waals surface area contributed by atoms with Crippen molar-refractivity contribution in [3.63, 3.8) is 0 Å². The van der Waals surface area contributed by atoms with Gasteiger partial charge in [0.2, 0.25) is 0 Å². The molecule has 0 fully saturated rings. The third kappa shape index (κ3) is 6.97. The highest BCUT2D eigenvalue weighted by Crippen LogP contribution is 2.25. The number of nitrogens with zero attached hydrogens (tertiary/aromatic N) is 3. The van der Waals surface area contributed by atoms with E-state index in [1.807, 2.05) is 29.8 Å². The molecule has 1 aromatic heterocycles. The number of rotatable bonds is 10. The quantitative estimate of drug-likeness (QED) is 0.368. The average Bonchev–Trinajstić information content (AvgIpc) is 3.29. The minimum Gasteiger partial charge on any atom is -0.497 e. The van der Waals surface area contributed by atoms with Crippen molar-refractivity contribution in [1.29, 1.82) is 0 Å². The van der Waals surface area contributed by atoms with E-state index in [1.54, 1.807) is 24.7 Å². The van der Waals surface area contributed by atoms with Gasteiger partial charge in [0.05, 0.1) is 20.0 Å². The molecule has 0 radical (unpaired) electrons. The molecule has 0 unspecified atom stereocenters. The van der Waals surface area contributed by atoms with Gasteiger partial charge in [-0.15, -0.1) is 0 Å². The number of alkyl halides is 2. The number of guanidine groups is 1. The standard InChI is InChI=1S/C23H27F2N5O2/c1-3-27-23(29-14-19-12-20(31-2)7-8-21(19)32-22(24)25)28-13-17-5-4-6-18(11-17)15-30-10-9-26-16-30/h4-12,16,22H,3,13-15H2,1-2H3,(H2,27,28,29). The first-order valence-electron chi connectivity index (χ1n) is 10.2. The Morgan fingerprint density at radius 3 is 2.72 bits per heavy atom. The Morgan fingerprint density at radius 1 is 1.16 bits per heavy atom. The second-order valence-corrected chi connectivity index (χ2v) is 6.96. The predicted octanol–water partition coefficient (Wildman–Crippen LogP) is 3.80. The van der Waals surface area contributed by atoms with Crippen LogP contribution in [0, 0.1) is 0 Å². The molecule has 7 nitrogen and oxygen atoms in total. The van der Waals surface area contributed by atoms with Gasteiger partial charge in [-0.2, -0.15) is 8.78 Å². The van der Waals surface area contributed by atoms with E-state index in [0.29, 0.717) is 30.4 Å². The Bertz CT molecular complexity index is 1010. The van der Waals surface area contributed by atoms with Crippen LogP contribution in [0.15, 0.2) is 66.2 Å². The lowest BCUT2D eigenvalue weighted by molar-refractivity contribution is -0.0504. The van der Waals surface area contributed by atoms with Crippen molar-refractivity contribution in [3.8, 4) is 11.5 Å². The van der Waals surface area contributed by atoms with Crippen LogP contribution in [-0.4, -0.2) is 35.8 Å². The van der Waals surface area contributed by atoms with Crippen LogP contribution in [0.2, 0.25) is 0 Å². The molecular formula is C23H27F2N5O2. The molecule has 0 atom stereocenters. The summed E-state index contributed by atoms with van der Waals surface area (Å²) < 4.78 is 37.3. The van der Waals surface area contributed by atoms with E-state index in [9.17, 15) is 8.78 Å². The summed E-state index contributed by atoms with van der Waals surface area (Å²) in [7, 11) is 1.52. The number of halogens is 2. The van der Waals surface area contributed by atoms with Gasteiger partial charge in [0, 0.05) is 37.6 Å². The summed E-state index contributed by atoms with van der Waals surface area (Å²) in [4.78, 5) is 8.69. The van der Waals surface area contributed by atoms with Gasteiger partial charge in [0.1, 0.15) is 11.5 Å². The zero-order chi connectivity index (χ0) is 22.8. The van der Waals surface area contributed by atoms with E-state index in [4.69, 9.17) is 4.74 Å². The van der Waals surface area contributed by atoms with Crippen LogP contribution in [0.4, 0.5) is 8.78 Å². The SMILES string of the molecule is CCNC(=NCc1cccc(Cn2ccnc2)c1)NCc1cc(OC)ccc1OC(F)F. The zero-order valence-corrected chi connectivity index (χ0v) is 18.1. The Morgan fingerprint density at radius 2 is 2.00 bits per heavy atom. The van der Waals surface area contributed by atoms with Gasteiger partial charge in [-0.25, -0.2) is 9.98 Å². The molecule has 0 spiro atoms. The highest BCUT2D eigenvalue weighted by Gasteiger charge is 2.11. The number of hydrogen-bond donors (Lipinski definition) is 2. The van der Waals surface area contributed by atoms with E-state index in [0.717, 1.165) is 17.7 Å². The molecule has 3 rings (SSSR count). The van der Waals surface area contributed by atoms with Crippen molar-refractivity contribution in [1.82, 2.24) is 20.2 Å². The average molecular weight is 443 g/mol. The fraction of sp³-hybridized carbons (Fsp3) is 0.304. The Hall–Kier alpha value is -3.62. The van der Waals surface area contributed by atoms with E-state index >= 15 is 0 Å². The number of methoxy groups -OCH3 is 1. The van der Waals surface area contributed by atoms with E-state index in [-0.39, 0.29) is 12.3 Å². The Labute approximate surface area is 186 Å². The van der Waals surface area contributed by atoms with Gasteiger partial charge in [0.15, 0.2) is 5.96 Å². The molecule has 0 saturated heterocycles. The number of aliphatic imine (C=N–C) groups is 1. The Balaban J connectivity index is 1.68. The normalized spacial score (nSPS) is 11.5. The largest absolute Gasteiger partial charge is 0.497 e. The molecule has 0 aliphatic carbocycles. The molecule has 170 valence electrons. The van der Waals surface area contributed by atoms with Gasteiger partial charge in [-0.3, -0.25) is 0 Å². The number of nitrogens with one attached hydrogen (secondary N) is 2. The molecular weight excluding hydrogens is 416 g/mol. The van der Waals surface area contributed by atoms with Crippen LogP contribution in [0.1, 0.15) is 23.6 Å². The molecule has 0 aliphatic rings. The molecule has 2 N–H and O–H groups in total. The van der Waals surface area contributed by atoms with Crippen molar-refractivity contribution in [2.24, 2.45) is 4.99 Å². The van der Waals surface area contributed by atoms with Gasteiger partial charge < -0.3 is 24.7 Å². The number of hydrogen-bond acceptors (Lipinski definition) is 4. The number of aromatic nitrogens is 2. The second kappa shape index (κ2) is 11.7. The van der Waals surface area contributed by atoms with Crippen molar-refractivity contribution in [2.75, 3.05) is 13.7 Å². The molecule has 0 saturated carbocycles. The lowest BCUT2D eigenvalue weighted by atomic mass is 10.1. The predicted molar refractivity (Wildman–Crippen MR) is 119 cm³/mol. The lowest BCUT2D eigenvalue weighted by Crippen LogP contribution is -2.36. The topological polar surface area (TPSA) is 72.7 Å². The van der Waals surface area contributed by atoms with Gasteiger partial charge in [-0.05, 0) is 36.2 Å². The lowest BCUT2D eigenvalue weighted by Gasteiger charge is -2.15. The molecule has 9 heteroatoms. The first kappa shape index (κ1) is 23.1. The fourth-order valence-electron chi connectivity index (χ4n) is 3.14. The third-order valence-corrected chi connectivity index (χ3v) is 4.61. The summed E-state index contributed by atoms with van der Waals surface area (Å²) in [5.74, 6) is 1.22. The van der Waals surface area contributed by atoms with Crippen LogP contribution < -0.4 is 20.1 Å². The van der Waals surface area contributed by atoms with Crippen LogP contribution >= 0.6 is 0 Å². The second-order valence-electron chi connectivity index (χ2n) is 6.96. The van der Waals surface area contributed by atoms with Gasteiger partial charge in [-0.1, -0.05) is 24.3 Å². The smallest absolute Gasteiger partial charge is 0.387 e. The van der Waals surface area contributed by atoms with Crippen molar-refractivity contribution in [3.05, 3.63) is 77.9 Å². The maximum absolute atomic E-state index is 12.7. The summed E-state index contributed by atoms with van der Waals surface area (Å²) in [6.07, 6.45) is 5.45. The van der Waals surface area contributed by atoms with Gasteiger partial charge in [0.25, 0.3) is 0 Å². The molecule has 0 bridgehead atoms. The zero-order valence-electron chi connectivity index (χ0n) is 18.1. The van der Waals surface area contributed by atoms with Gasteiger partial charge >= 0.3 is 6.61 Å². The van der Waals surface area contributed by atoms with E-state index in [2.05, 4.69) is 37.5 Å². The van der Waals surface area contributed by atoms with E-state index in [1.165, 1.54) is 13.2 Å². The minimum atomic E-state index is -2.90. The summed E-state index contributed by atoms with van der Waals surface area (Å²) in [6, 6.07) is 12.9. The van der Waals surface area contributed by atoms with Crippen LogP contribution in [0.5, 0.6) is 11.5 Å². The molecule has 0 aliphatic heterocycles. The molecule has 32 heavy (non-hydrogen) atoms. The van der Waals surface area contributed by atoms with Crippen LogP contribution in [0.3, 0.4) is 0 Å².